The molecule has 0 aromatic carbocycles. The van der Waals surface area contributed by atoms with Gasteiger partial charge in [0.05, 0.1) is 6.10 Å². The van der Waals surface area contributed by atoms with Crippen LogP contribution < -0.4 is 0 Å². The fourth-order valence-corrected chi connectivity index (χ4v) is 2.18. The summed E-state index contributed by atoms with van der Waals surface area (Å²) >= 11 is 1.19. The van der Waals surface area contributed by atoms with Gasteiger partial charge in [-0.15, -0.1) is 0 Å². The molecule has 0 rings (SSSR count). The first kappa shape index (κ1) is 16.4. The second-order valence-electron chi connectivity index (χ2n) is 5.16. The van der Waals surface area contributed by atoms with Gasteiger partial charge in [-0.05, 0) is 6.42 Å². The molecule has 0 aromatic rings. The molecular formula is C11H21NO4S. The molecule has 0 amide bonds. The minimum atomic E-state index is -0.778. The number of hydrogen-bond acceptors (Lipinski definition) is 5. The molecule has 0 fully saturated rings. The van der Waals surface area contributed by atoms with E-state index in [-0.39, 0.29) is 21.2 Å². The van der Waals surface area contributed by atoms with Crippen LogP contribution in [0.3, 0.4) is 0 Å². The highest BCUT2D eigenvalue weighted by atomic mass is 32.2. The molecule has 100 valence electrons. The molecule has 2 unspecified atom stereocenters. The molecule has 0 aliphatic carbocycles. The molecule has 2 atom stereocenters. The quantitative estimate of drug-likeness (QED) is 0.587. The molecule has 0 radical (unpaired) electrons. The summed E-state index contributed by atoms with van der Waals surface area (Å²) in [6.07, 6.45) is -0.133. The SMILES string of the molecule is CC(CCC(O)CC(=O)SC(C)(C)C)[N+](=O)[O-]. The number of nitrogens with zero attached hydrogens (tertiary/aromatic N) is 1. The third-order valence-electron chi connectivity index (χ3n) is 2.10. The highest BCUT2D eigenvalue weighted by Gasteiger charge is 2.21. The summed E-state index contributed by atoms with van der Waals surface area (Å²) in [6, 6.07) is -0.671. The molecule has 0 aliphatic heterocycles. The third kappa shape index (κ3) is 9.12. The van der Waals surface area contributed by atoms with Crippen molar-refractivity contribution in [1.29, 1.82) is 0 Å². The number of rotatable bonds is 6. The Balaban J connectivity index is 3.90. The van der Waals surface area contributed by atoms with Crippen molar-refractivity contribution in [3.05, 3.63) is 10.1 Å². The molecule has 1 N–H and O–H groups in total. The van der Waals surface area contributed by atoms with Gasteiger partial charge in [-0.25, -0.2) is 0 Å². The largest absolute Gasteiger partial charge is 0.393 e. The lowest BCUT2D eigenvalue weighted by Crippen LogP contribution is -2.20. The van der Waals surface area contributed by atoms with Crippen LogP contribution >= 0.6 is 11.8 Å². The minimum Gasteiger partial charge on any atom is -0.393 e. The molecule has 0 aromatic heterocycles. The Hall–Kier alpha value is -0.620. The van der Waals surface area contributed by atoms with E-state index in [4.69, 9.17) is 0 Å². The van der Waals surface area contributed by atoms with Crippen LogP contribution in [0, 0.1) is 10.1 Å². The van der Waals surface area contributed by atoms with Crippen LogP contribution in [0.2, 0.25) is 0 Å². The molecule has 0 saturated carbocycles. The summed E-state index contributed by atoms with van der Waals surface area (Å²) in [6.45, 7) is 7.28. The van der Waals surface area contributed by atoms with Crippen molar-refractivity contribution < 1.29 is 14.8 Å². The van der Waals surface area contributed by atoms with Gasteiger partial charge in [0.15, 0.2) is 5.12 Å². The van der Waals surface area contributed by atoms with Crippen LogP contribution in [0.25, 0.3) is 0 Å². The first-order valence-electron chi connectivity index (χ1n) is 5.65. The molecule has 0 spiro atoms. The van der Waals surface area contributed by atoms with Crippen LogP contribution in [-0.2, 0) is 4.79 Å². The highest BCUT2D eigenvalue weighted by Crippen LogP contribution is 2.26. The summed E-state index contributed by atoms with van der Waals surface area (Å²) in [5.41, 5.74) is 0. The van der Waals surface area contributed by atoms with Crippen molar-refractivity contribution in [2.24, 2.45) is 0 Å². The van der Waals surface area contributed by atoms with E-state index in [9.17, 15) is 20.0 Å². The molecule has 5 nitrogen and oxygen atoms in total. The fourth-order valence-electron chi connectivity index (χ4n) is 1.22. The zero-order valence-electron chi connectivity index (χ0n) is 10.8. The molecule has 0 heterocycles. The van der Waals surface area contributed by atoms with Gasteiger partial charge in [0.25, 0.3) is 0 Å². The topological polar surface area (TPSA) is 80.4 Å². The van der Waals surface area contributed by atoms with Crippen molar-refractivity contribution in [3.63, 3.8) is 0 Å². The van der Waals surface area contributed by atoms with Gasteiger partial charge in [0.2, 0.25) is 6.04 Å². The average molecular weight is 263 g/mol. The van der Waals surface area contributed by atoms with Crippen molar-refractivity contribution in [2.45, 2.75) is 63.9 Å². The van der Waals surface area contributed by atoms with E-state index in [2.05, 4.69) is 0 Å². The lowest BCUT2D eigenvalue weighted by molar-refractivity contribution is -0.519. The van der Waals surface area contributed by atoms with Crippen LogP contribution in [0.4, 0.5) is 0 Å². The van der Waals surface area contributed by atoms with Gasteiger partial charge < -0.3 is 5.11 Å². The number of thioether (sulfide) groups is 1. The van der Waals surface area contributed by atoms with Crippen molar-refractivity contribution in [3.8, 4) is 0 Å². The lowest BCUT2D eigenvalue weighted by atomic mass is 10.1. The van der Waals surface area contributed by atoms with E-state index in [1.54, 1.807) is 0 Å². The summed E-state index contributed by atoms with van der Waals surface area (Å²) in [5.74, 6) is 0. The molecule has 6 heteroatoms. The predicted octanol–water partition coefficient (Wildman–Crippen LogP) is 2.24. The van der Waals surface area contributed by atoms with Gasteiger partial charge in [-0.3, -0.25) is 14.9 Å². The summed E-state index contributed by atoms with van der Waals surface area (Å²) in [4.78, 5) is 21.5. The first-order valence-corrected chi connectivity index (χ1v) is 6.47. The Labute approximate surface area is 106 Å². The maximum Gasteiger partial charge on any atom is 0.210 e. The molecule has 0 saturated heterocycles. The monoisotopic (exact) mass is 263 g/mol. The minimum absolute atomic E-state index is 0.0619. The van der Waals surface area contributed by atoms with Crippen LogP contribution in [-0.4, -0.2) is 32.0 Å². The number of nitro groups is 1. The standard InChI is InChI=1S/C11H21NO4S/c1-8(12(15)16)5-6-9(13)7-10(14)17-11(2,3)4/h8-9,13H,5-7H2,1-4H3. The van der Waals surface area contributed by atoms with Gasteiger partial charge in [-0.2, -0.15) is 0 Å². The van der Waals surface area contributed by atoms with E-state index in [1.165, 1.54) is 18.7 Å². The number of hydrogen-bond donors (Lipinski definition) is 1. The Kier molecular flexibility index (Phi) is 6.70. The summed E-state index contributed by atoms with van der Waals surface area (Å²) < 4.78 is -0.162. The van der Waals surface area contributed by atoms with E-state index in [1.807, 2.05) is 20.8 Å². The number of carbonyl (C=O) groups excluding carboxylic acids is 1. The predicted molar refractivity (Wildman–Crippen MR) is 68.7 cm³/mol. The first-order chi connectivity index (χ1) is 7.61. The lowest BCUT2D eigenvalue weighted by Gasteiger charge is -2.17. The highest BCUT2D eigenvalue weighted by molar-refractivity contribution is 8.14. The zero-order chi connectivity index (χ0) is 13.6. The molecular weight excluding hydrogens is 242 g/mol. The van der Waals surface area contributed by atoms with Crippen LogP contribution in [0.1, 0.15) is 47.0 Å². The fraction of sp³-hybridized carbons (Fsp3) is 0.909. The maximum absolute atomic E-state index is 11.5. The maximum atomic E-state index is 11.5. The van der Waals surface area contributed by atoms with Gasteiger partial charge in [-0.1, -0.05) is 32.5 Å². The Morgan fingerprint density at radius 2 is 1.94 bits per heavy atom. The van der Waals surface area contributed by atoms with Crippen molar-refractivity contribution in [2.75, 3.05) is 0 Å². The van der Waals surface area contributed by atoms with Crippen molar-refractivity contribution in [1.82, 2.24) is 0 Å². The van der Waals surface area contributed by atoms with E-state index >= 15 is 0 Å². The Morgan fingerprint density at radius 1 is 1.41 bits per heavy atom. The summed E-state index contributed by atoms with van der Waals surface area (Å²) in [7, 11) is 0. The number of carbonyl (C=O) groups is 1. The number of aliphatic hydroxyl groups is 1. The van der Waals surface area contributed by atoms with Gasteiger partial charge in [0, 0.05) is 29.4 Å². The van der Waals surface area contributed by atoms with Crippen LogP contribution in [0.5, 0.6) is 0 Å². The normalized spacial score (nSPS) is 15.4. The Bertz CT molecular complexity index is 275. The summed E-state index contributed by atoms with van der Waals surface area (Å²) in [5, 5.41) is 19.9. The molecule has 0 bridgehead atoms. The van der Waals surface area contributed by atoms with E-state index in [0.29, 0.717) is 12.8 Å². The van der Waals surface area contributed by atoms with Crippen molar-refractivity contribution >= 4 is 16.9 Å². The number of aliphatic hydroxyl groups excluding tert-OH is 1. The smallest absolute Gasteiger partial charge is 0.210 e. The second kappa shape index (κ2) is 6.96. The average Bonchev–Trinajstić information content (AvgIpc) is 2.10. The van der Waals surface area contributed by atoms with E-state index in [0.717, 1.165) is 0 Å². The molecule has 17 heavy (non-hydrogen) atoms. The second-order valence-corrected chi connectivity index (χ2v) is 7.04. The van der Waals surface area contributed by atoms with Gasteiger partial charge in [0.1, 0.15) is 0 Å². The van der Waals surface area contributed by atoms with E-state index < -0.39 is 12.1 Å². The Morgan fingerprint density at radius 3 is 2.35 bits per heavy atom. The van der Waals surface area contributed by atoms with Gasteiger partial charge >= 0.3 is 0 Å². The molecule has 0 aliphatic rings. The zero-order valence-corrected chi connectivity index (χ0v) is 11.6. The van der Waals surface area contributed by atoms with Crippen LogP contribution in [0.15, 0.2) is 0 Å². The third-order valence-corrected chi connectivity index (χ3v) is 3.11.